The number of hydrogen-bond donors (Lipinski definition) is 1. The number of aryl methyl sites for hydroxylation is 1. The van der Waals surface area contributed by atoms with Gasteiger partial charge in [-0.3, -0.25) is 9.59 Å². The molecule has 0 saturated heterocycles. The fourth-order valence-corrected chi connectivity index (χ4v) is 3.68. The number of amides is 2. The molecule has 0 heterocycles. The fourth-order valence-electron chi connectivity index (χ4n) is 3.17. The van der Waals surface area contributed by atoms with Crippen molar-refractivity contribution in [1.29, 1.82) is 0 Å². The lowest BCUT2D eigenvalue weighted by Crippen LogP contribution is -2.54. The Morgan fingerprint density at radius 1 is 1.06 bits per heavy atom. The number of halogens is 2. The SMILES string of the molecule is CC[C@@H](C(=O)NC(C)(C)C)N(Cc1c(Cl)cccc1Cl)C(=O)COc1ccccc1C. The highest BCUT2D eigenvalue weighted by Crippen LogP contribution is 2.27. The van der Waals surface area contributed by atoms with Crippen molar-refractivity contribution >= 4 is 35.0 Å². The maximum atomic E-state index is 13.3. The summed E-state index contributed by atoms with van der Waals surface area (Å²) in [5.41, 5.74) is 1.09. The van der Waals surface area contributed by atoms with Gasteiger partial charge >= 0.3 is 0 Å². The first kappa shape index (κ1) is 25.0. The Labute approximate surface area is 194 Å². The minimum Gasteiger partial charge on any atom is -0.484 e. The first-order valence-electron chi connectivity index (χ1n) is 10.3. The summed E-state index contributed by atoms with van der Waals surface area (Å²) in [7, 11) is 0. The summed E-state index contributed by atoms with van der Waals surface area (Å²) < 4.78 is 5.76. The number of hydrogen-bond acceptors (Lipinski definition) is 3. The van der Waals surface area contributed by atoms with Crippen molar-refractivity contribution in [1.82, 2.24) is 10.2 Å². The van der Waals surface area contributed by atoms with E-state index >= 15 is 0 Å². The van der Waals surface area contributed by atoms with Crippen molar-refractivity contribution in [2.45, 2.75) is 59.2 Å². The van der Waals surface area contributed by atoms with Crippen LogP contribution in [0.1, 0.15) is 45.2 Å². The van der Waals surface area contributed by atoms with Crippen LogP contribution in [0.3, 0.4) is 0 Å². The van der Waals surface area contributed by atoms with Gasteiger partial charge in [0, 0.05) is 27.7 Å². The third-order valence-corrected chi connectivity index (χ3v) is 5.43. The van der Waals surface area contributed by atoms with Crippen LogP contribution >= 0.6 is 23.2 Å². The Kier molecular flexibility index (Phi) is 8.78. The minimum atomic E-state index is -0.695. The normalized spacial score (nSPS) is 12.2. The average Bonchev–Trinajstić information content (AvgIpc) is 2.67. The van der Waals surface area contributed by atoms with Crippen LogP contribution in [0, 0.1) is 6.92 Å². The molecule has 0 radical (unpaired) electrons. The number of nitrogens with zero attached hydrogens (tertiary/aromatic N) is 1. The molecule has 1 N–H and O–H groups in total. The van der Waals surface area contributed by atoms with E-state index in [0.717, 1.165) is 5.56 Å². The van der Waals surface area contributed by atoms with E-state index in [1.807, 2.05) is 58.9 Å². The van der Waals surface area contributed by atoms with Gasteiger partial charge in [-0.2, -0.15) is 0 Å². The summed E-state index contributed by atoms with van der Waals surface area (Å²) in [6, 6.07) is 11.9. The molecular formula is C24H30Cl2N2O3. The van der Waals surface area contributed by atoms with Gasteiger partial charge in [0.15, 0.2) is 6.61 Å². The van der Waals surface area contributed by atoms with Gasteiger partial charge < -0.3 is 15.0 Å². The lowest BCUT2D eigenvalue weighted by atomic mass is 10.1. The van der Waals surface area contributed by atoms with Crippen LogP contribution in [0.15, 0.2) is 42.5 Å². The van der Waals surface area contributed by atoms with Crippen LogP contribution < -0.4 is 10.1 Å². The molecule has 1 atom stereocenters. The molecule has 0 aromatic heterocycles. The predicted octanol–water partition coefficient (Wildman–Crippen LogP) is 5.40. The highest BCUT2D eigenvalue weighted by atomic mass is 35.5. The Morgan fingerprint density at radius 2 is 1.68 bits per heavy atom. The van der Waals surface area contributed by atoms with E-state index in [9.17, 15) is 9.59 Å². The quantitative estimate of drug-likeness (QED) is 0.568. The van der Waals surface area contributed by atoms with Crippen LogP contribution in [-0.2, 0) is 16.1 Å². The van der Waals surface area contributed by atoms with Gasteiger partial charge in [-0.25, -0.2) is 0 Å². The summed E-state index contributed by atoms with van der Waals surface area (Å²) in [5.74, 6) is 0.0660. The molecule has 2 rings (SSSR count). The first-order valence-corrected chi connectivity index (χ1v) is 11.0. The van der Waals surface area contributed by atoms with Gasteiger partial charge in [0.25, 0.3) is 5.91 Å². The number of benzene rings is 2. The van der Waals surface area contributed by atoms with Crippen molar-refractivity contribution < 1.29 is 14.3 Å². The molecule has 2 amide bonds. The van der Waals surface area contributed by atoms with Crippen LogP contribution in [0.2, 0.25) is 10.0 Å². The first-order chi connectivity index (χ1) is 14.5. The molecule has 0 bridgehead atoms. The number of nitrogens with one attached hydrogen (secondary N) is 1. The Balaban J connectivity index is 2.32. The maximum Gasteiger partial charge on any atom is 0.261 e. The second kappa shape index (κ2) is 10.9. The van der Waals surface area contributed by atoms with Gasteiger partial charge in [0.1, 0.15) is 11.8 Å². The van der Waals surface area contributed by atoms with E-state index in [-0.39, 0.29) is 25.0 Å². The van der Waals surface area contributed by atoms with Crippen molar-refractivity contribution in [3.8, 4) is 5.75 Å². The maximum absolute atomic E-state index is 13.3. The van der Waals surface area contributed by atoms with Gasteiger partial charge in [-0.05, 0) is 57.9 Å². The smallest absolute Gasteiger partial charge is 0.261 e. The predicted molar refractivity (Wildman–Crippen MR) is 126 cm³/mol. The third-order valence-electron chi connectivity index (χ3n) is 4.72. The van der Waals surface area contributed by atoms with E-state index in [1.165, 1.54) is 4.90 Å². The minimum absolute atomic E-state index is 0.102. The highest BCUT2D eigenvalue weighted by molar-refractivity contribution is 6.36. The molecule has 2 aromatic rings. The summed E-state index contributed by atoms with van der Waals surface area (Å²) in [4.78, 5) is 27.8. The molecule has 0 fully saturated rings. The van der Waals surface area contributed by atoms with E-state index in [4.69, 9.17) is 27.9 Å². The largest absolute Gasteiger partial charge is 0.484 e. The molecule has 2 aromatic carbocycles. The molecule has 0 saturated carbocycles. The van der Waals surface area contributed by atoms with Crippen molar-refractivity contribution in [2.75, 3.05) is 6.61 Å². The summed E-state index contributed by atoms with van der Waals surface area (Å²) in [6.45, 7) is 9.37. The van der Waals surface area contributed by atoms with Gasteiger partial charge in [-0.15, -0.1) is 0 Å². The molecule has 0 unspecified atom stereocenters. The van der Waals surface area contributed by atoms with Crippen LogP contribution in [0.4, 0.5) is 0 Å². The van der Waals surface area contributed by atoms with E-state index in [1.54, 1.807) is 18.2 Å². The van der Waals surface area contributed by atoms with Gasteiger partial charge in [0.2, 0.25) is 5.91 Å². The molecule has 5 nitrogen and oxygen atoms in total. The third kappa shape index (κ3) is 7.15. The molecule has 0 aliphatic carbocycles. The Bertz CT molecular complexity index is 905. The monoisotopic (exact) mass is 464 g/mol. The van der Waals surface area contributed by atoms with Crippen LogP contribution in [0.25, 0.3) is 0 Å². The molecule has 31 heavy (non-hydrogen) atoms. The Hall–Kier alpha value is -2.24. The molecule has 0 spiro atoms. The molecule has 0 aliphatic heterocycles. The number of rotatable bonds is 8. The summed E-state index contributed by atoms with van der Waals surface area (Å²) >= 11 is 12.7. The summed E-state index contributed by atoms with van der Waals surface area (Å²) in [6.07, 6.45) is 0.431. The van der Waals surface area contributed by atoms with E-state index in [2.05, 4.69) is 5.32 Å². The topological polar surface area (TPSA) is 58.6 Å². The zero-order valence-electron chi connectivity index (χ0n) is 18.7. The number of carbonyl (C=O) groups is 2. The van der Waals surface area contributed by atoms with Crippen molar-refractivity contribution in [3.63, 3.8) is 0 Å². The Morgan fingerprint density at radius 3 is 2.23 bits per heavy atom. The van der Waals surface area contributed by atoms with Crippen LogP contribution in [0.5, 0.6) is 5.75 Å². The zero-order valence-corrected chi connectivity index (χ0v) is 20.2. The summed E-state index contributed by atoms with van der Waals surface area (Å²) in [5, 5.41) is 3.85. The standard InChI is InChI=1S/C24H30Cl2N2O3/c1-6-20(23(30)27-24(3,4)5)28(14-17-18(25)11-9-12-19(17)26)22(29)15-31-21-13-8-7-10-16(21)2/h7-13,20H,6,14-15H2,1-5H3,(H,27,30)/t20-/m0/s1. The van der Waals surface area contributed by atoms with Gasteiger partial charge in [0.05, 0.1) is 0 Å². The average molecular weight is 465 g/mol. The van der Waals surface area contributed by atoms with E-state index in [0.29, 0.717) is 27.8 Å². The van der Waals surface area contributed by atoms with Crippen LogP contribution in [-0.4, -0.2) is 34.9 Å². The second-order valence-corrected chi connectivity index (χ2v) is 9.25. The number of carbonyl (C=O) groups excluding carboxylic acids is 2. The molecule has 0 aliphatic rings. The lowest BCUT2D eigenvalue weighted by Gasteiger charge is -2.33. The van der Waals surface area contributed by atoms with Crippen molar-refractivity contribution in [3.05, 3.63) is 63.6 Å². The number of ether oxygens (including phenoxy) is 1. The molecule has 168 valence electrons. The fraction of sp³-hybridized carbons (Fsp3) is 0.417. The van der Waals surface area contributed by atoms with Crippen molar-refractivity contribution in [2.24, 2.45) is 0 Å². The van der Waals surface area contributed by atoms with E-state index < -0.39 is 11.6 Å². The lowest BCUT2D eigenvalue weighted by molar-refractivity contribution is -0.143. The molecule has 7 heteroatoms. The van der Waals surface area contributed by atoms with Gasteiger partial charge in [-0.1, -0.05) is 54.4 Å². The second-order valence-electron chi connectivity index (χ2n) is 8.44. The number of para-hydroxylation sites is 1. The highest BCUT2D eigenvalue weighted by Gasteiger charge is 2.31. The molecular weight excluding hydrogens is 435 g/mol. The zero-order chi connectivity index (χ0) is 23.2.